The fourth-order valence-electron chi connectivity index (χ4n) is 3.17. The van der Waals surface area contributed by atoms with E-state index in [9.17, 15) is 4.79 Å². The minimum Gasteiger partial charge on any atom is -0.497 e. The number of carbonyl (C=O) groups is 1. The first-order valence-electron chi connectivity index (χ1n) is 8.55. The number of ether oxygens (including phenoxy) is 1. The van der Waals surface area contributed by atoms with E-state index in [1.807, 2.05) is 46.7 Å². The van der Waals surface area contributed by atoms with Gasteiger partial charge >= 0.3 is 0 Å². The van der Waals surface area contributed by atoms with Gasteiger partial charge in [0.15, 0.2) is 0 Å². The van der Waals surface area contributed by atoms with Gasteiger partial charge in [0, 0.05) is 24.6 Å². The summed E-state index contributed by atoms with van der Waals surface area (Å²) in [5, 5.41) is 12.6. The van der Waals surface area contributed by atoms with Crippen LogP contribution in [-0.2, 0) is 0 Å². The van der Waals surface area contributed by atoms with Crippen LogP contribution in [-0.4, -0.2) is 41.2 Å². The minimum absolute atomic E-state index is 0.129. The molecule has 0 radical (unpaired) electrons. The summed E-state index contributed by atoms with van der Waals surface area (Å²) in [6.07, 6.45) is 2.05. The monoisotopic (exact) mass is 385 g/mol. The maximum atomic E-state index is 12.6. The van der Waals surface area contributed by atoms with Gasteiger partial charge in [-0.15, -0.1) is 21.5 Å². The van der Waals surface area contributed by atoms with E-state index in [2.05, 4.69) is 10.2 Å². The van der Waals surface area contributed by atoms with Crippen molar-refractivity contribution in [3.63, 3.8) is 0 Å². The largest absolute Gasteiger partial charge is 0.497 e. The summed E-state index contributed by atoms with van der Waals surface area (Å²) in [5.41, 5.74) is 1.04. The van der Waals surface area contributed by atoms with Crippen LogP contribution in [0.4, 0.5) is 0 Å². The molecule has 134 valence electrons. The van der Waals surface area contributed by atoms with Gasteiger partial charge in [-0.05, 0) is 48.6 Å². The third kappa shape index (κ3) is 3.50. The Hall–Kier alpha value is -2.25. The number of benzene rings is 1. The SMILES string of the molecule is COc1ccc(-c2nnc([C@H]3CCCN(C(=O)c4cccs4)C3)s2)cc1. The van der Waals surface area contributed by atoms with Gasteiger partial charge in [0.05, 0.1) is 12.0 Å². The number of thiophene rings is 1. The van der Waals surface area contributed by atoms with Crippen LogP contribution in [0, 0.1) is 0 Å². The van der Waals surface area contributed by atoms with Crippen LogP contribution >= 0.6 is 22.7 Å². The second kappa shape index (κ2) is 7.55. The number of methoxy groups -OCH3 is 1. The standard InChI is InChI=1S/C19H19N3O2S2/c1-24-15-8-6-13(7-9-15)17-20-21-18(26-17)14-4-2-10-22(12-14)19(23)16-5-3-11-25-16/h3,5-9,11,14H,2,4,10,12H2,1H3/t14-/m0/s1. The molecule has 0 spiro atoms. The average Bonchev–Trinajstić information content (AvgIpc) is 3.40. The normalized spacial score (nSPS) is 17.3. The highest BCUT2D eigenvalue weighted by Crippen LogP contribution is 2.33. The molecule has 26 heavy (non-hydrogen) atoms. The summed E-state index contributed by atoms with van der Waals surface area (Å²) in [5.74, 6) is 1.22. The molecule has 0 aliphatic carbocycles. The Morgan fingerprint density at radius 2 is 2.08 bits per heavy atom. The number of hydrogen-bond acceptors (Lipinski definition) is 6. The minimum atomic E-state index is 0.129. The van der Waals surface area contributed by atoms with Crippen molar-refractivity contribution < 1.29 is 9.53 Å². The molecule has 1 fully saturated rings. The predicted octanol–water partition coefficient (Wildman–Crippen LogP) is 4.30. The number of nitrogens with zero attached hydrogens (tertiary/aromatic N) is 3. The molecule has 1 atom stereocenters. The first-order chi connectivity index (χ1) is 12.7. The molecule has 3 heterocycles. The molecule has 3 aromatic rings. The van der Waals surface area contributed by atoms with E-state index in [-0.39, 0.29) is 11.8 Å². The second-order valence-corrected chi connectivity index (χ2v) is 8.20. The Bertz CT molecular complexity index is 875. The van der Waals surface area contributed by atoms with Gasteiger partial charge in [0.25, 0.3) is 5.91 Å². The van der Waals surface area contributed by atoms with Crippen molar-refractivity contribution in [1.29, 1.82) is 0 Å². The van der Waals surface area contributed by atoms with E-state index in [4.69, 9.17) is 4.74 Å². The van der Waals surface area contributed by atoms with E-state index in [1.165, 1.54) is 11.3 Å². The molecule has 7 heteroatoms. The van der Waals surface area contributed by atoms with E-state index in [0.717, 1.165) is 45.6 Å². The maximum absolute atomic E-state index is 12.6. The molecule has 1 aliphatic rings. The highest BCUT2D eigenvalue weighted by Gasteiger charge is 2.28. The van der Waals surface area contributed by atoms with Crippen molar-refractivity contribution in [1.82, 2.24) is 15.1 Å². The number of rotatable bonds is 4. The highest BCUT2D eigenvalue weighted by atomic mass is 32.1. The molecule has 4 rings (SSSR count). The number of aromatic nitrogens is 2. The molecule has 1 saturated heterocycles. The average molecular weight is 386 g/mol. The zero-order valence-electron chi connectivity index (χ0n) is 14.4. The van der Waals surface area contributed by atoms with Gasteiger partial charge in [-0.2, -0.15) is 0 Å². The van der Waals surface area contributed by atoms with Crippen LogP contribution in [0.5, 0.6) is 5.75 Å². The predicted molar refractivity (Wildman–Crippen MR) is 104 cm³/mol. The molecule has 1 amide bonds. The Morgan fingerprint density at radius 3 is 2.81 bits per heavy atom. The first kappa shape index (κ1) is 17.2. The van der Waals surface area contributed by atoms with Crippen molar-refractivity contribution in [2.75, 3.05) is 20.2 Å². The third-order valence-electron chi connectivity index (χ3n) is 4.57. The lowest BCUT2D eigenvalue weighted by atomic mass is 9.98. The van der Waals surface area contributed by atoms with E-state index in [0.29, 0.717) is 6.54 Å². The maximum Gasteiger partial charge on any atom is 0.263 e. The van der Waals surface area contributed by atoms with Crippen LogP contribution in [0.25, 0.3) is 10.6 Å². The third-order valence-corrected chi connectivity index (χ3v) is 6.56. The van der Waals surface area contributed by atoms with Gasteiger partial charge < -0.3 is 9.64 Å². The van der Waals surface area contributed by atoms with Gasteiger partial charge in [-0.25, -0.2) is 0 Å². The zero-order chi connectivity index (χ0) is 17.9. The smallest absolute Gasteiger partial charge is 0.263 e. The highest BCUT2D eigenvalue weighted by molar-refractivity contribution is 7.14. The van der Waals surface area contributed by atoms with Crippen LogP contribution < -0.4 is 4.74 Å². The van der Waals surface area contributed by atoms with Crippen LogP contribution in [0.2, 0.25) is 0 Å². The number of amides is 1. The Morgan fingerprint density at radius 1 is 1.23 bits per heavy atom. The molecule has 1 aliphatic heterocycles. The number of piperidine rings is 1. The molecular weight excluding hydrogens is 366 g/mol. The first-order valence-corrected chi connectivity index (χ1v) is 10.2. The van der Waals surface area contributed by atoms with Crippen LogP contribution in [0.15, 0.2) is 41.8 Å². The molecule has 0 saturated carbocycles. The lowest BCUT2D eigenvalue weighted by Gasteiger charge is -2.31. The van der Waals surface area contributed by atoms with Crippen molar-refractivity contribution >= 4 is 28.6 Å². The number of hydrogen-bond donors (Lipinski definition) is 0. The number of likely N-dealkylation sites (tertiary alicyclic amines) is 1. The summed E-state index contributed by atoms with van der Waals surface area (Å²) in [6.45, 7) is 1.53. The molecule has 2 aromatic heterocycles. The van der Waals surface area contributed by atoms with Gasteiger partial charge in [-0.1, -0.05) is 17.4 Å². The van der Waals surface area contributed by atoms with Crippen LogP contribution in [0.1, 0.15) is 33.4 Å². The Labute approximate surface area is 160 Å². The van der Waals surface area contributed by atoms with Crippen molar-refractivity contribution in [2.24, 2.45) is 0 Å². The lowest BCUT2D eigenvalue weighted by Crippen LogP contribution is -2.38. The van der Waals surface area contributed by atoms with E-state index >= 15 is 0 Å². The second-order valence-electron chi connectivity index (χ2n) is 6.24. The molecule has 0 N–H and O–H groups in total. The molecular formula is C19H19N3O2S2. The summed E-state index contributed by atoms with van der Waals surface area (Å²) in [6, 6.07) is 11.7. The summed E-state index contributed by atoms with van der Waals surface area (Å²) in [7, 11) is 1.66. The summed E-state index contributed by atoms with van der Waals surface area (Å²) >= 11 is 3.12. The van der Waals surface area contributed by atoms with Gasteiger partial charge in [-0.3, -0.25) is 4.79 Å². The van der Waals surface area contributed by atoms with Gasteiger partial charge in [0.2, 0.25) is 0 Å². The van der Waals surface area contributed by atoms with Crippen molar-refractivity contribution in [3.05, 3.63) is 51.7 Å². The van der Waals surface area contributed by atoms with E-state index in [1.54, 1.807) is 18.4 Å². The summed E-state index contributed by atoms with van der Waals surface area (Å²) in [4.78, 5) is 15.4. The Balaban J connectivity index is 1.49. The fraction of sp³-hybridized carbons (Fsp3) is 0.316. The van der Waals surface area contributed by atoms with E-state index < -0.39 is 0 Å². The van der Waals surface area contributed by atoms with Gasteiger partial charge in [0.1, 0.15) is 15.8 Å². The van der Waals surface area contributed by atoms with Crippen LogP contribution in [0.3, 0.4) is 0 Å². The number of carbonyl (C=O) groups excluding carboxylic acids is 1. The topological polar surface area (TPSA) is 55.3 Å². The molecule has 0 bridgehead atoms. The molecule has 1 aromatic carbocycles. The lowest BCUT2D eigenvalue weighted by molar-refractivity contribution is 0.0712. The zero-order valence-corrected chi connectivity index (χ0v) is 16.1. The summed E-state index contributed by atoms with van der Waals surface area (Å²) < 4.78 is 5.20. The fourth-order valence-corrected chi connectivity index (χ4v) is 4.83. The molecule has 5 nitrogen and oxygen atoms in total. The Kier molecular flexibility index (Phi) is 4.99. The molecule has 0 unspecified atom stereocenters. The quantitative estimate of drug-likeness (QED) is 0.672. The van der Waals surface area contributed by atoms with Crippen molar-refractivity contribution in [3.8, 4) is 16.3 Å². The van der Waals surface area contributed by atoms with Crippen molar-refractivity contribution in [2.45, 2.75) is 18.8 Å².